The summed E-state index contributed by atoms with van der Waals surface area (Å²) in [6, 6.07) is 9.75. The molecule has 0 saturated carbocycles. The van der Waals surface area contributed by atoms with E-state index in [4.69, 9.17) is 0 Å². The summed E-state index contributed by atoms with van der Waals surface area (Å²) in [5, 5.41) is 6.76. The van der Waals surface area contributed by atoms with Crippen molar-refractivity contribution < 1.29 is 17.6 Å². The molecule has 216 valence electrons. The molecular weight excluding hydrogens is 545 g/mol. The van der Waals surface area contributed by atoms with Crippen LogP contribution in [0, 0.1) is 12.7 Å². The molecule has 41 heavy (non-hydrogen) atoms. The number of H-pyrrole nitrogens is 1. The zero-order valence-electron chi connectivity index (χ0n) is 23.7. The minimum absolute atomic E-state index is 0.0459. The summed E-state index contributed by atoms with van der Waals surface area (Å²) in [7, 11) is -1.65. The van der Waals surface area contributed by atoms with Gasteiger partial charge in [-0.1, -0.05) is 18.2 Å². The number of fused-ring (bicyclic) bond motifs is 1. The molecule has 0 radical (unpaired) electrons. The van der Waals surface area contributed by atoms with Gasteiger partial charge in [-0.2, -0.15) is 0 Å². The molecule has 1 fully saturated rings. The Hall–Kier alpha value is -3.87. The van der Waals surface area contributed by atoms with Crippen LogP contribution in [-0.2, 0) is 14.6 Å². The van der Waals surface area contributed by atoms with Crippen LogP contribution in [0.5, 0.6) is 0 Å². The zero-order valence-corrected chi connectivity index (χ0v) is 24.5. The molecule has 3 heterocycles. The molecule has 0 unspecified atom stereocenters. The first kappa shape index (κ1) is 28.7. The highest BCUT2D eigenvalue weighted by Gasteiger charge is 2.30. The molecule has 3 N–H and O–H groups in total. The monoisotopic (exact) mass is 579 g/mol. The van der Waals surface area contributed by atoms with Gasteiger partial charge in [-0.05, 0) is 51.6 Å². The van der Waals surface area contributed by atoms with Gasteiger partial charge in [0.15, 0.2) is 15.7 Å². The van der Waals surface area contributed by atoms with E-state index in [0.29, 0.717) is 11.4 Å². The van der Waals surface area contributed by atoms with Crippen LogP contribution in [0.1, 0.15) is 19.4 Å². The summed E-state index contributed by atoms with van der Waals surface area (Å²) in [6.45, 7) is 8.61. The first-order valence-electron chi connectivity index (χ1n) is 13.4. The van der Waals surface area contributed by atoms with E-state index in [2.05, 4.69) is 49.4 Å². The lowest BCUT2D eigenvalue weighted by atomic mass is 10.1. The second-order valence-electron chi connectivity index (χ2n) is 10.7. The standard InChI is InChI=1S/C29H34FN7O3S/c1-17-14-32-29(34-22-9-7-11-24(25(22)30)41(5,39)40)35-26(17)21-15-31-27-20(21)8-6-10-23(27)33-28(38)19(3)37-13-12-36(4)16-18(37)2/h6-11,14-15,18-19,31H,12-13,16H2,1-5H3,(H,33,38)(H,32,34,35)/t18-,19-/m1/s1. The number of anilines is 3. The highest BCUT2D eigenvalue weighted by atomic mass is 32.2. The number of likely N-dealkylation sites (N-methyl/N-ethyl adjacent to an activating group) is 1. The van der Waals surface area contributed by atoms with Gasteiger partial charge in [0.1, 0.15) is 4.90 Å². The van der Waals surface area contributed by atoms with E-state index in [0.717, 1.165) is 47.9 Å². The van der Waals surface area contributed by atoms with Gasteiger partial charge in [-0.25, -0.2) is 22.8 Å². The number of hydrogen-bond donors (Lipinski definition) is 3. The summed E-state index contributed by atoms with van der Waals surface area (Å²) in [6.07, 6.45) is 4.39. The first-order chi connectivity index (χ1) is 19.4. The average molecular weight is 580 g/mol. The second kappa shape index (κ2) is 11.2. The van der Waals surface area contributed by atoms with Crippen molar-refractivity contribution in [2.45, 2.75) is 37.8 Å². The van der Waals surface area contributed by atoms with Crippen LogP contribution in [0.2, 0.25) is 0 Å². The molecule has 12 heteroatoms. The number of halogens is 1. The van der Waals surface area contributed by atoms with Crippen LogP contribution in [-0.4, -0.2) is 84.1 Å². The van der Waals surface area contributed by atoms with Crippen molar-refractivity contribution in [2.24, 2.45) is 0 Å². The Bertz CT molecular complexity index is 1720. The maximum absolute atomic E-state index is 14.9. The van der Waals surface area contributed by atoms with E-state index in [1.165, 1.54) is 18.2 Å². The quantitative estimate of drug-likeness (QED) is 0.298. The van der Waals surface area contributed by atoms with Crippen molar-refractivity contribution >= 4 is 44.0 Å². The Morgan fingerprint density at radius 3 is 2.63 bits per heavy atom. The van der Waals surface area contributed by atoms with Gasteiger partial charge in [0, 0.05) is 55.3 Å². The fraction of sp³-hybridized carbons (Fsp3) is 0.345. The topological polar surface area (TPSA) is 123 Å². The van der Waals surface area contributed by atoms with E-state index < -0.39 is 20.5 Å². The summed E-state index contributed by atoms with van der Waals surface area (Å²) < 4.78 is 38.8. The Morgan fingerprint density at radius 2 is 1.90 bits per heavy atom. The number of aromatic amines is 1. The molecule has 2 atom stereocenters. The fourth-order valence-electron chi connectivity index (χ4n) is 5.36. The molecule has 2 aromatic heterocycles. The van der Waals surface area contributed by atoms with Gasteiger partial charge in [-0.3, -0.25) is 9.69 Å². The molecule has 10 nitrogen and oxygen atoms in total. The van der Waals surface area contributed by atoms with Gasteiger partial charge in [0.2, 0.25) is 11.9 Å². The largest absolute Gasteiger partial charge is 0.359 e. The molecule has 1 amide bonds. The molecule has 0 bridgehead atoms. The normalized spacial score (nSPS) is 17.5. The fourth-order valence-corrected chi connectivity index (χ4v) is 6.12. The maximum atomic E-state index is 14.9. The number of sulfone groups is 1. The maximum Gasteiger partial charge on any atom is 0.241 e. The van der Waals surface area contributed by atoms with Gasteiger partial charge in [0.05, 0.1) is 28.6 Å². The van der Waals surface area contributed by atoms with Gasteiger partial charge >= 0.3 is 0 Å². The Morgan fingerprint density at radius 1 is 1.17 bits per heavy atom. The number of nitrogens with zero attached hydrogens (tertiary/aromatic N) is 4. The molecule has 0 aliphatic carbocycles. The Kier molecular flexibility index (Phi) is 7.82. The molecule has 5 rings (SSSR count). The third-order valence-electron chi connectivity index (χ3n) is 7.57. The van der Waals surface area contributed by atoms with Crippen molar-refractivity contribution in [1.82, 2.24) is 24.8 Å². The smallest absolute Gasteiger partial charge is 0.241 e. The van der Waals surface area contributed by atoms with Gasteiger partial charge in [0.25, 0.3) is 0 Å². The predicted octanol–water partition coefficient (Wildman–Crippen LogP) is 4.18. The number of piperazine rings is 1. The Labute approximate surface area is 238 Å². The lowest BCUT2D eigenvalue weighted by Crippen LogP contribution is -2.56. The van der Waals surface area contributed by atoms with Crippen LogP contribution in [0.3, 0.4) is 0 Å². The number of carbonyl (C=O) groups is 1. The summed E-state index contributed by atoms with van der Waals surface area (Å²) in [5.74, 6) is -0.856. The van der Waals surface area contributed by atoms with Crippen molar-refractivity contribution in [3.63, 3.8) is 0 Å². The zero-order chi connectivity index (χ0) is 29.5. The van der Waals surface area contributed by atoms with Crippen molar-refractivity contribution in [1.29, 1.82) is 0 Å². The number of amides is 1. The van der Waals surface area contributed by atoms with Crippen LogP contribution in [0.4, 0.5) is 21.7 Å². The summed E-state index contributed by atoms with van der Waals surface area (Å²) in [4.78, 5) is 29.5. The highest BCUT2D eigenvalue weighted by Crippen LogP contribution is 2.34. The summed E-state index contributed by atoms with van der Waals surface area (Å²) in [5.41, 5.74) is 3.55. The molecule has 4 aromatic rings. The molecule has 1 aliphatic heterocycles. The predicted molar refractivity (Wildman–Crippen MR) is 159 cm³/mol. The highest BCUT2D eigenvalue weighted by molar-refractivity contribution is 7.90. The van der Waals surface area contributed by atoms with E-state index in [-0.39, 0.29) is 29.6 Å². The van der Waals surface area contributed by atoms with E-state index in [9.17, 15) is 17.6 Å². The number of aryl methyl sites for hydroxylation is 1. The summed E-state index contributed by atoms with van der Waals surface area (Å²) >= 11 is 0. The van der Waals surface area contributed by atoms with Crippen molar-refractivity contribution in [3.05, 3.63) is 60.2 Å². The van der Waals surface area contributed by atoms with Crippen molar-refractivity contribution in [3.8, 4) is 11.3 Å². The minimum atomic E-state index is -3.75. The number of carbonyl (C=O) groups excluding carboxylic acids is 1. The van der Waals surface area contributed by atoms with Gasteiger partial charge in [-0.15, -0.1) is 0 Å². The third kappa shape index (κ3) is 5.81. The van der Waals surface area contributed by atoms with Crippen molar-refractivity contribution in [2.75, 3.05) is 43.6 Å². The number of para-hydroxylation sites is 1. The number of benzene rings is 2. The molecule has 2 aromatic carbocycles. The third-order valence-corrected chi connectivity index (χ3v) is 8.68. The average Bonchev–Trinajstić information content (AvgIpc) is 3.35. The number of aromatic nitrogens is 3. The van der Waals surface area contributed by atoms with E-state index in [1.807, 2.05) is 38.2 Å². The second-order valence-corrected chi connectivity index (χ2v) is 12.7. The number of rotatable bonds is 7. The Balaban J connectivity index is 1.42. The number of hydrogen-bond acceptors (Lipinski definition) is 8. The molecule has 0 spiro atoms. The van der Waals surface area contributed by atoms with Crippen LogP contribution in [0.15, 0.2) is 53.7 Å². The van der Waals surface area contributed by atoms with E-state index in [1.54, 1.807) is 6.20 Å². The van der Waals surface area contributed by atoms with Crippen LogP contribution in [0.25, 0.3) is 22.2 Å². The minimum Gasteiger partial charge on any atom is -0.359 e. The van der Waals surface area contributed by atoms with E-state index >= 15 is 0 Å². The number of nitrogens with one attached hydrogen (secondary N) is 3. The van der Waals surface area contributed by atoms with Crippen LogP contribution < -0.4 is 10.6 Å². The molecule has 1 aliphatic rings. The lowest BCUT2D eigenvalue weighted by molar-refractivity contribution is -0.122. The first-order valence-corrected chi connectivity index (χ1v) is 15.3. The SMILES string of the molecule is Cc1cnc(Nc2cccc(S(C)(=O)=O)c2F)nc1-c1c[nH]c2c(NC(=O)[C@@H](C)N3CCN(C)C[C@H]3C)cccc12. The molecule has 1 saturated heterocycles. The van der Waals surface area contributed by atoms with Gasteiger partial charge < -0.3 is 20.5 Å². The molecular formula is C29H34FN7O3S. The van der Waals surface area contributed by atoms with Crippen LogP contribution >= 0.6 is 0 Å². The lowest BCUT2D eigenvalue weighted by Gasteiger charge is -2.41.